The topological polar surface area (TPSA) is 67.5 Å². The molecule has 3 aromatic carbocycles. The molecule has 1 aromatic heterocycles. The zero-order valence-electron chi connectivity index (χ0n) is 20.2. The molecule has 1 amide bonds. The molecule has 1 unspecified atom stereocenters. The zero-order valence-corrected chi connectivity index (χ0v) is 20.2. The third-order valence-corrected chi connectivity index (χ3v) is 6.35. The summed E-state index contributed by atoms with van der Waals surface area (Å²) >= 11 is 0. The predicted octanol–water partition coefficient (Wildman–Crippen LogP) is 5.93. The van der Waals surface area contributed by atoms with E-state index in [2.05, 4.69) is 54.4 Å². The van der Waals surface area contributed by atoms with E-state index in [0.29, 0.717) is 18.8 Å². The number of hydrogen-bond acceptors (Lipinski definition) is 4. The number of benzene rings is 3. The minimum Gasteiger partial charge on any atom is -0.497 e. The van der Waals surface area contributed by atoms with Gasteiger partial charge in [-0.25, -0.2) is 0 Å². The molecule has 2 heterocycles. The summed E-state index contributed by atoms with van der Waals surface area (Å²) in [4.78, 5) is 15.6. The highest BCUT2D eigenvalue weighted by Gasteiger charge is 2.42. The Hall–Kier alpha value is -4.06. The highest BCUT2D eigenvalue weighted by Crippen LogP contribution is 2.44. The fraction of sp³-hybridized carbons (Fsp3) is 0.241. The fourth-order valence-corrected chi connectivity index (χ4v) is 4.56. The first-order chi connectivity index (χ1) is 17.1. The first-order valence-electron chi connectivity index (χ1n) is 11.9. The van der Waals surface area contributed by atoms with Gasteiger partial charge in [0.05, 0.1) is 25.5 Å². The average molecular weight is 468 g/mol. The Kier molecular flexibility index (Phi) is 6.27. The van der Waals surface area contributed by atoms with Gasteiger partial charge in [-0.3, -0.25) is 9.89 Å². The van der Waals surface area contributed by atoms with Crippen molar-refractivity contribution in [1.82, 2.24) is 15.1 Å². The molecule has 0 saturated heterocycles. The van der Waals surface area contributed by atoms with Gasteiger partial charge in [0.1, 0.15) is 17.2 Å². The Labute approximate surface area is 205 Å². The number of aromatic amines is 1. The van der Waals surface area contributed by atoms with Crippen LogP contribution in [0, 0.1) is 6.92 Å². The fourth-order valence-electron chi connectivity index (χ4n) is 4.56. The molecule has 35 heavy (non-hydrogen) atoms. The number of carbonyl (C=O) groups is 1. The lowest BCUT2D eigenvalue weighted by Gasteiger charge is -2.27. The Morgan fingerprint density at radius 3 is 2.49 bits per heavy atom. The van der Waals surface area contributed by atoms with E-state index in [1.165, 1.54) is 5.56 Å². The molecule has 1 N–H and O–H groups in total. The Bertz CT molecular complexity index is 1330. The van der Waals surface area contributed by atoms with Gasteiger partial charge < -0.3 is 14.4 Å². The molecule has 178 valence electrons. The van der Waals surface area contributed by atoms with Crippen molar-refractivity contribution in [2.24, 2.45) is 0 Å². The van der Waals surface area contributed by atoms with Crippen LogP contribution < -0.4 is 9.47 Å². The second kappa shape index (κ2) is 9.66. The number of hydrogen-bond donors (Lipinski definition) is 1. The third kappa shape index (κ3) is 4.39. The smallest absolute Gasteiger partial charge is 0.273 e. The number of ether oxygens (including phenoxy) is 2. The lowest BCUT2D eigenvalue weighted by molar-refractivity contribution is 0.0730. The van der Waals surface area contributed by atoms with Gasteiger partial charge >= 0.3 is 0 Å². The van der Waals surface area contributed by atoms with Crippen LogP contribution in [0.15, 0.2) is 72.8 Å². The Morgan fingerprint density at radius 2 is 1.77 bits per heavy atom. The number of aryl methyl sites for hydroxylation is 1. The van der Waals surface area contributed by atoms with E-state index < -0.39 is 0 Å². The molecule has 6 nitrogen and oxygen atoms in total. The lowest BCUT2D eigenvalue weighted by atomic mass is 9.95. The number of amides is 1. The molecule has 1 aliphatic rings. The maximum absolute atomic E-state index is 13.7. The monoisotopic (exact) mass is 467 g/mol. The molecule has 5 rings (SSSR count). The van der Waals surface area contributed by atoms with Crippen molar-refractivity contribution in [3.63, 3.8) is 0 Å². The quantitative estimate of drug-likeness (QED) is 0.349. The van der Waals surface area contributed by atoms with E-state index in [-0.39, 0.29) is 11.9 Å². The zero-order chi connectivity index (χ0) is 24.4. The summed E-state index contributed by atoms with van der Waals surface area (Å²) in [7, 11) is 1.65. The van der Waals surface area contributed by atoms with Gasteiger partial charge in [-0.2, -0.15) is 5.10 Å². The van der Waals surface area contributed by atoms with Crippen molar-refractivity contribution in [2.45, 2.75) is 32.9 Å². The van der Waals surface area contributed by atoms with Crippen LogP contribution in [-0.2, 0) is 6.54 Å². The normalized spacial score (nSPS) is 14.8. The second-order valence-electron chi connectivity index (χ2n) is 8.83. The molecule has 0 saturated carbocycles. The highest BCUT2D eigenvalue weighted by atomic mass is 16.5. The summed E-state index contributed by atoms with van der Waals surface area (Å²) in [6.45, 7) is 5.25. The van der Waals surface area contributed by atoms with Gasteiger partial charge in [0.15, 0.2) is 0 Å². The molecular formula is C29H29N3O3. The molecule has 0 fully saturated rings. The number of rotatable bonds is 8. The number of carbonyl (C=O) groups excluding carboxylic acids is 1. The number of nitrogens with zero attached hydrogens (tertiary/aromatic N) is 2. The minimum atomic E-state index is -0.292. The minimum absolute atomic E-state index is 0.0634. The van der Waals surface area contributed by atoms with Crippen LogP contribution in [0.3, 0.4) is 0 Å². The maximum Gasteiger partial charge on any atom is 0.273 e. The van der Waals surface area contributed by atoms with E-state index in [1.54, 1.807) is 7.11 Å². The lowest BCUT2D eigenvalue weighted by Crippen LogP contribution is -2.29. The van der Waals surface area contributed by atoms with E-state index in [4.69, 9.17) is 9.47 Å². The molecule has 1 atom stereocenters. The second-order valence-corrected chi connectivity index (χ2v) is 8.83. The molecule has 6 heteroatoms. The van der Waals surface area contributed by atoms with Crippen LogP contribution in [0.4, 0.5) is 0 Å². The molecule has 0 bridgehead atoms. The van der Waals surface area contributed by atoms with Crippen molar-refractivity contribution in [2.75, 3.05) is 13.7 Å². The van der Waals surface area contributed by atoms with Crippen LogP contribution in [0.1, 0.15) is 52.1 Å². The summed E-state index contributed by atoms with van der Waals surface area (Å²) in [6.07, 6.45) is 0.930. The van der Waals surface area contributed by atoms with Gasteiger partial charge in [0.2, 0.25) is 0 Å². The largest absolute Gasteiger partial charge is 0.497 e. The summed E-state index contributed by atoms with van der Waals surface area (Å²) in [5.41, 5.74) is 6.42. The summed E-state index contributed by atoms with van der Waals surface area (Å²) in [6, 6.07) is 23.8. The van der Waals surface area contributed by atoms with E-state index in [1.807, 2.05) is 47.4 Å². The van der Waals surface area contributed by atoms with Crippen molar-refractivity contribution in [3.8, 4) is 22.8 Å². The van der Waals surface area contributed by atoms with E-state index in [0.717, 1.165) is 45.9 Å². The van der Waals surface area contributed by atoms with Crippen LogP contribution in [0.2, 0.25) is 0 Å². The molecular weight excluding hydrogens is 438 g/mol. The van der Waals surface area contributed by atoms with Crippen LogP contribution in [0.5, 0.6) is 11.5 Å². The van der Waals surface area contributed by atoms with Gasteiger partial charge in [-0.05, 0) is 48.7 Å². The Morgan fingerprint density at radius 1 is 1.00 bits per heavy atom. The molecule has 4 aromatic rings. The van der Waals surface area contributed by atoms with Crippen molar-refractivity contribution >= 4 is 5.91 Å². The highest BCUT2D eigenvalue weighted by molar-refractivity contribution is 6.00. The van der Waals surface area contributed by atoms with Crippen LogP contribution >= 0.6 is 0 Å². The number of nitrogens with one attached hydrogen (secondary N) is 1. The Balaban J connectivity index is 1.59. The molecule has 0 spiro atoms. The van der Waals surface area contributed by atoms with Crippen LogP contribution in [0.25, 0.3) is 11.3 Å². The van der Waals surface area contributed by atoms with Gasteiger partial charge in [-0.1, -0.05) is 61.0 Å². The summed E-state index contributed by atoms with van der Waals surface area (Å²) < 4.78 is 11.2. The van der Waals surface area contributed by atoms with Crippen molar-refractivity contribution < 1.29 is 14.3 Å². The first-order valence-corrected chi connectivity index (χ1v) is 11.9. The molecule has 1 aliphatic heterocycles. The van der Waals surface area contributed by atoms with E-state index >= 15 is 0 Å². The van der Waals surface area contributed by atoms with Crippen LogP contribution in [-0.4, -0.2) is 34.7 Å². The number of fused-ring (bicyclic) bond motifs is 1. The standard InChI is InChI=1S/C29H29N3O3/c1-4-16-35-24-7-5-6-22(17-24)28-25-26(21-12-8-19(2)9-13-21)30-31-27(25)29(33)32(28)18-20-10-14-23(34-3)15-11-20/h5-15,17,28H,4,16,18H2,1-3H3,(H,30,31). The summed E-state index contributed by atoms with van der Waals surface area (Å²) in [5, 5.41) is 7.62. The van der Waals surface area contributed by atoms with Gasteiger partial charge in [0, 0.05) is 17.7 Å². The average Bonchev–Trinajstić information content (AvgIpc) is 3.43. The third-order valence-electron chi connectivity index (χ3n) is 6.35. The summed E-state index contributed by atoms with van der Waals surface area (Å²) in [5.74, 6) is 1.52. The van der Waals surface area contributed by atoms with Gasteiger partial charge in [-0.15, -0.1) is 0 Å². The molecule has 0 radical (unpaired) electrons. The van der Waals surface area contributed by atoms with Crippen molar-refractivity contribution in [1.29, 1.82) is 0 Å². The SMILES string of the molecule is CCCOc1cccc(C2c3c(-c4ccc(C)cc4)n[nH]c3C(=O)N2Cc2ccc(OC)cc2)c1. The van der Waals surface area contributed by atoms with E-state index in [9.17, 15) is 4.79 Å². The van der Waals surface area contributed by atoms with Gasteiger partial charge in [0.25, 0.3) is 5.91 Å². The number of aromatic nitrogens is 2. The first kappa shape index (κ1) is 22.7. The maximum atomic E-state index is 13.7. The molecule has 0 aliphatic carbocycles. The predicted molar refractivity (Wildman–Crippen MR) is 136 cm³/mol. The number of H-pyrrole nitrogens is 1. The number of methoxy groups -OCH3 is 1. The van der Waals surface area contributed by atoms with Crippen molar-refractivity contribution in [3.05, 3.63) is 101 Å².